The van der Waals surface area contributed by atoms with E-state index in [1.807, 2.05) is 0 Å². The average molecular weight is 815 g/mol. The molecule has 0 aromatic rings. The fourth-order valence-corrected chi connectivity index (χ4v) is 7.11. The number of hydrogen-bond donors (Lipinski definition) is 0. The molecule has 6 heteroatoms. The lowest BCUT2D eigenvalue weighted by Crippen LogP contribution is -2.30. The fraction of sp³-hybridized carbons (Fsp3) is 0.827. The molecule has 0 N–H and O–H groups in total. The molecule has 0 aromatic heterocycles. The highest BCUT2D eigenvalue weighted by Gasteiger charge is 2.19. The molecule has 0 bridgehead atoms. The van der Waals surface area contributed by atoms with Crippen molar-refractivity contribution in [3.63, 3.8) is 0 Å². The number of unbranched alkanes of at least 4 members (excludes halogenated alkanes) is 28. The third-order valence-electron chi connectivity index (χ3n) is 10.9. The van der Waals surface area contributed by atoms with Gasteiger partial charge in [-0.05, 0) is 64.2 Å². The molecule has 0 aromatic carbocycles. The highest BCUT2D eigenvalue weighted by atomic mass is 16.6. The predicted octanol–water partition coefficient (Wildman–Crippen LogP) is 16.1. The van der Waals surface area contributed by atoms with Gasteiger partial charge in [0.15, 0.2) is 6.10 Å². The van der Waals surface area contributed by atoms with Gasteiger partial charge in [0.05, 0.1) is 0 Å². The van der Waals surface area contributed by atoms with E-state index in [1.54, 1.807) is 0 Å². The first kappa shape index (κ1) is 55.6. The Balaban J connectivity index is 4.32. The van der Waals surface area contributed by atoms with Crippen LogP contribution >= 0.6 is 0 Å². The van der Waals surface area contributed by atoms with Gasteiger partial charge in [0.25, 0.3) is 0 Å². The first-order chi connectivity index (χ1) is 28.5. The van der Waals surface area contributed by atoms with Crippen LogP contribution in [-0.4, -0.2) is 37.2 Å². The summed E-state index contributed by atoms with van der Waals surface area (Å²) in [6.07, 6.45) is 54.2. The van der Waals surface area contributed by atoms with E-state index in [0.29, 0.717) is 19.3 Å². The molecule has 0 spiro atoms. The van der Waals surface area contributed by atoms with Crippen LogP contribution in [0.3, 0.4) is 0 Å². The molecule has 1 unspecified atom stereocenters. The summed E-state index contributed by atoms with van der Waals surface area (Å²) in [5, 5.41) is 0. The lowest BCUT2D eigenvalue weighted by atomic mass is 10.0. The van der Waals surface area contributed by atoms with Crippen molar-refractivity contribution in [2.75, 3.05) is 13.2 Å². The molecular weight excluding hydrogens is 721 g/mol. The molecule has 0 saturated heterocycles. The van der Waals surface area contributed by atoms with Gasteiger partial charge < -0.3 is 14.2 Å². The largest absolute Gasteiger partial charge is 0.462 e. The standard InChI is InChI=1S/C52H94O6/c1-4-7-10-13-16-19-22-24-25-26-27-28-31-33-36-39-42-45-51(54)57-48-49(47-56-50(53)44-41-38-35-32-29-21-18-15-12-9-6-3)58-52(55)46-43-40-37-34-30-23-20-17-14-11-8-5-2/h8,11,15,17-18,20,49H,4-7,9-10,12-14,16,19,21-48H2,1-3H3/b11-8-,18-15-,20-17-. The van der Waals surface area contributed by atoms with Crippen molar-refractivity contribution >= 4 is 17.9 Å². The molecular formula is C52H94O6. The monoisotopic (exact) mass is 815 g/mol. The summed E-state index contributed by atoms with van der Waals surface area (Å²) in [5.41, 5.74) is 0. The van der Waals surface area contributed by atoms with E-state index in [2.05, 4.69) is 57.2 Å². The van der Waals surface area contributed by atoms with Crippen LogP contribution in [0.2, 0.25) is 0 Å². The molecule has 0 fully saturated rings. The highest BCUT2D eigenvalue weighted by molar-refractivity contribution is 5.71. The molecule has 0 saturated carbocycles. The zero-order valence-electron chi connectivity index (χ0n) is 38.6. The van der Waals surface area contributed by atoms with Gasteiger partial charge in [-0.15, -0.1) is 0 Å². The van der Waals surface area contributed by atoms with Crippen molar-refractivity contribution in [3.8, 4) is 0 Å². The minimum absolute atomic E-state index is 0.0779. The quantitative estimate of drug-likeness (QED) is 0.0264. The van der Waals surface area contributed by atoms with Crippen molar-refractivity contribution in [2.24, 2.45) is 0 Å². The molecule has 6 nitrogen and oxygen atoms in total. The van der Waals surface area contributed by atoms with Crippen LogP contribution in [0, 0.1) is 0 Å². The molecule has 1 atom stereocenters. The molecule has 0 aliphatic heterocycles. The topological polar surface area (TPSA) is 78.9 Å². The van der Waals surface area contributed by atoms with Crippen molar-refractivity contribution in [1.29, 1.82) is 0 Å². The number of carbonyl (C=O) groups is 3. The molecule has 0 aliphatic rings. The SMILES string of the molecule is CC/C=C\C/C=C\CCCCCCCC(=O)OC(COC(=O)CCCCCCC/C=C\CCCC)COC(=O)CCCCCCCCCCCCCCCCCCC. The Morgan fingerprint density at radius 1 is 0.362 bits per heavy atom. The summed E-state index contributed by atoms with van der Waals surface area (Å²) in [5.74, 6) is -0.896. The number of rotatable bonds is 45. The summed E-state index contributed by atoms with van der Waals surface area (Å²) in [6.45, 7) is 6.49. The average Bonchev–Trinajstić information content (AvgIpc) is 3.22. The van der Waals surface area contributed by atoms with Gasteiger partial charge in [-0.1, -0.05) is 211 Å². The van der Waals surface area contributed by atoms with E-state index in [0.717, 1.165) is 96.3 Å². The van der Waals surface area contributed by atoms with Gasteiger partial charge >= 0.3 is 17.9 Å². The van der Waals surface area contributed by atoms with Crippen LogP contribution in [0.1, 0.15) is 258 Å². The van der Waals surface area contributed by atoms with Crippen molar-refractivity contribution in [2.45, 2.75) is 264 Å². The maximum absolute atomic E-state index is 12.7. The van der Waals surface area contributed by atoms with Gasteiger partial charge in [0, 0.05) is 19.3 Å². The Hall–Kier alpha value is -2.37. The van der Waals surface area contributed by atoms with E-state index in [9.17, 15) is 14.4 Å². The van der Waals surface area contributed by atoms with Crippen LogP contribution in [0.25, 0.3) is 0 Å². The third kappa shape index (κ3) is 44.7. The van der Waals surface area contributed by atoms with E-state index in [1.165, 1.54) is 122 Å². The Morgan fingerprint density at radius 3 is 1.10 bits per heavy atom. The normalized spacial score (nSPS) is 12.3. The molecule has 0 radical (unpaired) electrons. The molecule has 58 heavy (non-hydrogen) atoms. The molecule has 0 rings (SSSR count). The van der Waals surface area contributed by atoms with Crippen molar-refractivity contribution < 1.29 is 28.6 Å². The molecule has 0 heterocycles. The number of esters is 3. The number of ether oxygens (including phenoxy) is 3. The third-order valence-corrected chi connectivity index (χ3v) is 10.9. The van der Waals surface area contributed by atoms with E-state index >= 15 is 0 Å². The summed E-state index contributed by atoms with van der Waals surface area (Å²) in [4.78, 5) is 37.8. The second-order valence-electron chi connectivity index (χ2n) is 16.7. The van der Waals surface area contributed by atoms with Crippen molar-refractivity contribution in [3.05, 3.63) is 36.5 Å². The van der Waals surface area contributed by atoms with E-state index < -0.39 is 6.10 Å². The minimum Gasteiger partial charge on any atom is -0.462 e. The van der Waals surface area contributed by atoms with E-state index in [-0.39, 0.29) is 31.1 Å². The van der Waals surface area contributed by atoms with E-state index in [4.69, 9.17) is 14.2 Å². The number of allylic oxidation sites excluding steroid dienone is 6. The second kappa shape index (κ2) is 47.3. The smallest absolute Gasteiger partial charge is 0.306 e. The summed E-state index contributed by atoms with van der Waals surface area (Å²) in [6, 6.07) is 0. The number of carbonyl (C=O) groups excluding carboxylic acids is 3. The first-order valence-corrected chi connectivity index (χ1v) is 25.0. The Kier molecular flexibility index (Phi) is 45.4. The van der Waals surface area contributed by atoms with Crippen LogP contribution < -0.4 is 0 Å². The Morgan fingerprint density at radius 2 is 0.690 bits per heavy atom. The predicted molar refractivity (Wildman–Crippen MR) is 247 cm³/mol. The van der Waals surface area contributed by atoms with Crippen LogP contribution in [0.5, 0.6) is 0 Å². The molecule has 0 amide bonds. The lowest BCUT2D eigenvalue weighted by molar-refractivity contribution is -0.167. The maximum atomic E-state index is 12.7. The summed E-state index contributed by atoms with van der Waals surface area (Å²) in [7, 11) is 0. The molecule has 0 aliphatic carbocycles. The van der Waals surface area contributed by atoms with Gasteiger partial charge in [-0.3, -0.25) is 14.4 Å². The zero-order valence-corrected chi connectivity index (χ0v) is 38.6. The number of hydrogen-bond acceptors (Lipinski definition) is 6. The Labute approximate surface area is 359 Å². The van der Waals surface area contributed by atoms with Gasteiger partial charge in [-0.2, -0.15) is 0 Å². The van der Waals surface area contributed by atoms with Gasteiger partial charge in [0.2, 0.25) is 0 Å². The minimum atomic E-state index is -0.778. The second-order valence-corrected chi connectivity index (χ2v) is 16.7. The summed E-state index contributed by atoms with van der Waals surface area (Å²) >= 11 is 0. The fourth-order valence-electron chi connectivity index (χ4n) is 7.11. The maximum Gasteiger partial charge on any atom is 0.306 e. The van der Waals surface area contributed by atoms with Crippen molar-refractivity contribution in [1.82, 2.24) is 0 Å². The highest BCUT2D eigenvalue weighted by Crippen LogP contribution is 2.16. The van der Waals surface area contributed by atoms with Crippen LogP contribution in [0.4, 0.5) is 0 Å². The first-order valence-electron chi connectivity index (χ1n) is 25.0. The summed E-state index contributed by atoms with van der Waals surface area (Å²) < 4.78 is 16.7. The zero-order chi connectivity index (χ0) is 42.3. The van der Waals surface area contributed by atoms with Crippen LogP contribution in [-0.2, 0) is 28.6 Å². The van der Waals surface area contributed by atoms with Gasteiger partial charge in [-0.25, -0.2) is 0 Å². The molecule has 338 valence electrons. The van der Waals surface area contributed by atoms with Gasteiger partial charge in [0.1, 0.15) is 13.2 Å². The lowest BCUT2D eigenvalue weighted by Gasteiger charge is -2.18. The van der Waals surface area contributed by atoms with Crippen LogP contribution in [0.15, 0.2) is 36.5 Å². The Bertz CT molecular complexity index is 984.